The first-order valence-corrected chi connectivity index (χ1v) is 7.18. The van der Waals surface area contributed by atoms with Crippen LogP contribution < -0.4 is 20.1 Å². The number of piperidine rings is 1. The number of hydrogen-bond acceptors (Lipinski definition) is 4. The van der Waals surface area contributed by atoms with Crippen LogP contribution in [0.1, 0.15) is 23.2 Å². The fourth-order valence-electron chi connectivity index (χ4n) is 2.32. The molecule has 122 valence electrons. The molecule has 0 unspecified atom stereocenters. The lowest BCUT2D eigenvalue weighted by molar-refractivity contribution is 0.0930. The van der Waals surface area contributed by atoms with Gasteiger partial charge in [0.2, 0.25) is 0 Å². The van der Waals surface area contributed by atoms with Crippen LogP contribution in [0.3, 0.4) is 0 Å². The second-order valence-electron chi connectivity index (χ2n) is 4.98. The Kier molecular flexibility index (Phi) is 7.77. The van der Waals surface area contributed by atoms with Crippen LogP contribution in [0.25, 0.3) is 0 Å². The highest BCUT2D eigenvalue weighted by Crippen LogP contribution is 2.28. The van der Waals surface area contributed by atoms with Crippen LogP contribution in [-0.2, 0) is 0 Å². The number of hydrogen-bond donors (Lipinski definition) is 2. The van der Waals surface area contributed by atoms with Crippen molar-refractivity contribution in [3.63, 3.8) is 0 Å². The van der Waals surface area contributed by atoms with Crippen molar-refractivity contribution in [3.8, 4) is 11.5 Å². The number of ether oxygens (including phenoxy) is 2. The van der Waals surface area contributed by atoms with Gasteiger partial charge < -0.3 is 20.1 Å². The number of rotatable bonds is 6. The minimum atomic E-state index is -0.0859. The van der Waals surface area contributed by atoms with Crippen molar-refractivity contribution in [2.24, 2.45) is 0 Å². The maximum absolute atomic E-state index is 12.3. The smallest absolute Gasteiger partial charge is 0.251 e. The molecular formula is C16H23ClN2O3. The number of nitrogens with one attached hydrogen (secondary N) is 2. The van der Waals surface area contributed by atoms with Crippen LogP contribution in [0.5, 0.6) is 11.5 Å². The molecule has 1 fully saturated rings. The molecule has 1 heterocycles. The Morgan fingerprint density at radius 3 is 2.95 bits per heavy atom. The second kappa shape index (κ2) is 9.33. The SMILES string of the molecule is C=CCOc1ccc(C(=O)N[C@H]2CCCNC2)cc1OC.Cl. The van der Waals surface area contributed by atoms with Crippen LogP contribution in [0.15, 0.2) is 30.9 Å². The van der Waals surface area contributed by atoms with Crippen molar-refractivity contribution in [1.29, 1.82) is 0 Å². The first kappa shape index (κ1) is 18.3. The van der Waals surface area contributed by atoms with E-state index < -0.39 is 0 Å². The third-order valence-corrected chi connectivity index (χ3v) is 3.41. The van der Waals surface area contributed by atoms with Crippen molar-refractivity contribution in [1.82, 2.24) is 10.6 Å². The van der Waals surface area contributed by atoms with E-state index in [1.165, 1.54) is 0 Å². The van der Waals surface area contributed by atoms with Crippen molar-refractivity contribution in [2.45, 2.75) is 18.9 Å². The predicted molar refractivity (Wildman–Crippen MR) is 89.3 cm³/mol. The first-order chi connectivity index (χ1) is 10.2. The fraction of sp³-hybridized carbons (Fsp3) is 0.438. The minimum Gasteiger partial charge on any atom is -0.493 e. The highest BCUT2D eigenvalue weighted by atomic mass is 35.5. The zero-order valence-corrected chi connectivity index (χ0v) is 13.6. The van der Waals surface area contributed by atoms with Crippen LogP contribution in [0, 0.1) is 0 Å². The molecule has 1 aromatic carbocycles. The Hall–Kier alpha value is -1.72. The topological polar surface area (TPSA) is 59.6 Å². The lowest BCUT2D eigenvalue weighted by atomic mass is 10.1. The molecule has 0 spiro atoms. The van der Waals surface area contributed by atoms with Crippen molar-refractivity contribution in [3.05, 3.63) is 36.4 Å². The molecule has 5 nitrogen and oxygen atoms in total. The summed E-state index contributed by atoms with van der Waals surface area (Å²) in [5.41, 5.74) is 0.573. The molecule has 0 saturated carbocycles. The van der Waals surface area contributed by atoms with E-state index in [2.05, 4.69) is 17.2 Å². The molecule has 1 amide bonds. The van der Waals surface area contributed by atoms with E-state index in [9.17, 15) is 4.79 Å². The maximum Gasteiger partial charge on any atom is 0.251 e. The van der Waals surface area contributed by atoms with E-state index in [4.69, 9.17) is 9.47 Å². The molecule has 1 aliphatic heterocycles. The molecule has 0 aliphatic carbocycles. The summed E-state index contributed by atoms with van der Waals surface area (Å²) >= 11 is 0. The van der Waals surface area contributed by atoms with Crippen molar-refractivity contribution >= 4 is 18.3 Å². The Morgan fingerprint density at radius 2 is 2.32 bits per heavy atom. The Balaban J connectivity index is 0.00000242. The lowest BCUT2D eigenvalue weighted by Gasteiger charge is -2.24. The Morgan fingerprint density at radius 1 is 1.50 bits per heavy atom. The summed E-state index contributed by atoms with van der Waals surface area (Å²) in [6, 6.07) is 5.38. The Labute approximate surface area is 137 Å². The summed E-state index contributed by atoms with van der Waals surface area (Å²) in [6.45, 7) is 5.85. The largest absolute Gasteiger partial charge is 0.493 e. The molecule has 22 heavy (non-hydrogen) atoms. The summed E-state index contributed by atoms with van der Waals surface area (Å²) in [6.07, 6.45) is 3.76. The summed E-state index contributed by atoms with van der Waals surface area (Å²) in [5, 5.41) is 6.31. The third kappa shape index (κ3) is 4.93. The Bertz CT molecular complexity index is 502. The number of amides is 1. The van der Waals surface area contributed by atoms with Crippen LogP contribution in [-0.4, -0.2) is 38.8 Å². The molecule has 2 N–H and O–H groups in total. The van der Waals surface area contributed by atoms with Gasteiger partial charge >= 0.3 is 0 Å². The van der Waals surface area contributed by atoms with Crippen LogP contribution in [0.2, 0.25) is 0 Å². The molecule has 6 heteroatoms. The second-order valence-corrected chi connectivity index (χ2v) is 4.98. The van der Waals surface area contributed by atoms with Crippen molar-refractivity contribution in [2.75, 3.05) is 26.8 Å². The van der Waals surface area contributed by atoms with E-state index in [0.717, 1.165) is 25.9 Å². The minimum absolute atomic E-state index is 0. The van der Waals surface area contributed by atoms with Gasteiger partial charge in [-0.3, -0.25) is 4.79 Å². The number of methoxy groups -OCH3 is 1. The zero-order valence-electron chi connectivity index (χ0n) is 12.8. The lowest BCUT2D eigenvalue weighted by Crippen LogP contribution is -2.45. The monoisotopic (exact) mass is 326 g/mol. The number of carbonyl (C=O) groups is 1. The number of benzene rings is 1. The maximum atomic E-state index is 12.3. The molecule has 0 radical (unpaired) electrons. The van der Waals surface area contributed by atoms with E-state index >= 15 is 0 Å². The van der Waals surface area contributed by atoms with E-state index in [1.807, 2.05) is 0 Å². The highest BCUT2D eigenvalue weighted by molar-refractivity contribution is 5.95. The fourth-order valence-corrected chi connectivity index (χ4v) is 2.32. The van der Waals surface area contributed by atoms with Gasteiger partial charge in [-0.05, 0) is 37.6 Å². The molecule has 0 aromatic heterocycles. The van der Waals surface area contributed by atoms with Gasteiger partial charge in [0, 0.05) is 18.2 Å². The van der Waals surface area contributed by atoms with Crippen LogP contribution in [0.4, 0.5) is 0 Å². The van der Waals surface area contributed by atoms with Crippen LogP contribution >= 0.6 is 12.4 Å². The van der Waals surface area contributed by atoms with Gasteiger partial charge in [0.05, 0.1) is 7.11 Å². The molecule has 1 aromatic rings. The summed E-state index contributed by atoms with van der Waals surface area (Å²) in [5.74, 6) is 1.07. The van der Waals surface area contributed by atoms with E-state index in [1.54, 1.807) is 31.4 Å². The van der Waals surface area contributed by atoms with Gasteiger partial charge in [0.25, 0.3) is 5.91 Å². The van der Waals surface area contributed by atoms with Gasteiger partial charge in [-0.2, -0.15) is 0 Å². The standard InChI is InChI=1S/C16H22N2O3.ClH/c1-3-9-21-14-7-6-12(10-15(14)20-2)16(19)18-13-5-4-8-17-11-13;/h3,6-7,10,13,17H,1,4-5,8-9,11H2,2H3,(H,18,19);1H/t13-;/m0./s1. The highest BCUT2D eigenvalue weighted by Gasteiger charge is 2.17. The van der Waals surface area contributed by atoms with Gasteiger partial charge in [0.1, 0.15) is 6.61 Å². The normalized spacial score (nSPS) is 17.0. The summed E-state index contributed by atoms with van der Waals surface area (Å²) in [7, 11) is 1.56. The molecule has 1 saturated heterocycles. The molecule has 1 atom stereocenters. The predicted octanol–water partition coefficient (Wildman–Crippen LogP) is 2.16. The average Bonchev–Trinajstić information content (AvgIpc) is 2.53. The molecular weight excluding hydrogens is 304 g/mol. The third-order valence-electron chi connectivity index (χ3n) is 3.41. The van der Waals surface area contributed by atoms with Crippen molar-refractivity contribution < 1.29 is 14.3 Å². The molecule has 1 aliphatic rings. The number of halogens is 1. The van der Waals surface area contributed by atoms with Gasteiger partial charge in [-0.1, -0.05) is 12.7 Å². The molecule has 0 bridgehead atoms. The van der Waals surface area contributed by atoms with Gasteiger partial charge in [-0.15, -0.1) is 12.4 Å². The quantitative estimate of drug-likeness (QED) is 0.787. The summed E-state index contributed by atoms with van der Waals surface area (Å²) in [4.78, 5) is 12.3. The average molecular weight is 327 g/mol. The van der Waals surface area contributed by atoms with Gasteiger partial charge in [0.15, 0.2) is 11.5 Å². The van der Waals surface area contributed by atoms with E-state index in [-0.39, 0.29) is 24.4 Å². The molecule has 2 rings (SSSR count). The summed E-state index contributed by atoms with van der Waals surface area (Å²) < 4.78 is 10.7. The van der Waals surface area contributed by atoms with E-state index in [0.29, 0.717) is 23.7 Å². The zero-order chi connectivity index (χ0) is 15.1. The number of carbonyl (C=O) groups excluding carboxylic acids is 1. The van der Waals surface area contributed by atoms with Gasteiger partial charge in [-0.25, -0.2) is 0 Å². The first-order valence-electron chi connectivity index (χ1n) is 7.18.